The number of rotatable bonds is 22. The highest BCUT2D eigenvalue weighted by Gasteiger charge is 2.39. The van der Waals surface area contributed by atoms with Gasteiger partial charge in [-0.15, -0.1) is 0 Å². The van der Waals surface area contributed by atoms with Crippen LogP contribution in [0.5, 0.6) is 0 Å². The van der Waals surface area contributed by atoms with Crippen LogP contribution in [0.2, 0.25) is 0 Å². The Bertz CT molecular complexity index is 4620. The summed E-state index contributed by atoms with van der Waals surface area (Å²) in [6.07, 6.45) is 55.7. The van der Waals surface area contributed by atoms with Crippen molar-refractivity contribution in [1.29, 1.82) is 0 Å². The first-order valence-electron chi connectivity index (χ1n) is 54.2. The van der Waals surface area contributed by atoms with Crippen molar-refractivity contribution >= 4 is 65.0 Å². The molecule has 0 heterocycles. The molecule has 760 valence electrons. The second-order valence-electron chi connectivity index (χ2n) is 42.4. The lowest BCUT2D eigenvalue weighted by Gasteiger charge is -2.42. The SMILES string of the molecule is CN(C(=O)c1cc(C(=O)N(C)C2CCCCC2)cc(C(=O)N(C)C2CCCCC2)c1)C1CCCCC1.CN(C(=O)c1ccc(C(=O)N(C)C2CCCCC2)cc1)C1CCCCC1.CN(C(=O)c1cccc(C(=O)N(C)C2CCCCC2)c1)C1CCCCC1.CN(C(=O)c1ccccc1)C1CCCCC1N(C)C(=O)c1ccccc1.CN(C(=O)c1ccccc1C(=O)N(C)C1CCCCC1)C1CCCCC1. The van der Waals surface area contributed by atoms with E-state index in [1.807, 2.05) is 259 Å². The molecule has 16 rings (SSSR count). The van der Waals surface area contributed by atoms with Crippen LogP contribution in [-0.4, -0.2) is 263 Å². The minimum atomic E-state index is -0.0914. The first-order valence-corrected chi connectivity index (χ1v) is 54.2. The topological polar surface area (TPSA) is 223 Å². The van der Waals surface area contributed by atoms with Crippen molar-refractivity contribution in [3.8, 4) is 0 Å². The molecule has 0 bridgehead atoms. The number of benzene rings is 6. The van der Waals surface area contributed by atoms with Gasteiger partial charge in [0.05, 0.1) is 23.2 Å². The van der Waals surface area contributed by atoms with Gasteiger partial charge in [-0.05, 0) is 225 Å². The van der Waals surface area contributed by atoms with Crippen molar-refractivity contribution in [2.24, 2.45) is 0 Å². The van der Waals surface area contributed by atoms with Gasteiger partial charge >= 0.3 is 0 Å². The highest BCUT2D eigenvalue weighted by Crippen LogP contribution is 2.36. The van der Waals surface area contributed by atoms with Crippen LogP contribution >= 0.6 is 0 Å². The third-order valence-electron chi connectivity index (χ3n) is 33.2. The van der Waals surface area contributed by atoms with Gasteiger partial charge in [0.25, 0.3) is 65.0 Å². The Morgan fingerprint density at radius 1 is 0.150 bits per heavy atom. The summed E-state index contributed by atoms with van der Waals surface area (Å²) in [7, 11) is 20.8. The molecule has 0 N–H and O–H groups in total. The van der Waals surface area contributed by atoms with Gasteiger partial charge in [0.1, 0.15) is 0 Å². The van der Waals surface area contributed by atoms with E-state index in [-0.39, 0.29) is 95.2 Å². The third kappa shape index (κ3) is 29.4. The van der Waals surface area contributed by atoms with Gasteiger partial charge in [-0.25, -0.2) is 0 Å². The summed E-state index contributed by atoms with van der Waals surface area (Å²) in [6.45, 7) is 0. The van der Waals surface area contributed by atoms with E-state index in [4.69, 9.17) is 0 Å². The predicted molar refractivity (Wildman–Crippen MR) is 560 cm³/mol. The Morgan fingerprint density at radius 2 is 0.300 bits per heavy atom. The van der Waals surface area contributed by atoms with E-state index in [0.29, 0.717) is 97.4 Å². The molecule has 140 heavy (non-hydrogen) atoms. The van der Waals surface area contributed by atoms with E-state index in [1.165, 1.54) is 135 Å². The van der Waals surface area contributed by atoms with Gasteiger partial charge in [-0.2, -0.15) is 0 Å². The molecule has 10 aliphatic rings. The number of likely N-dealkylation sites (N-methyl/N-ethyl adjacent to an activating group) is 2. The fourth-order valence-electron chi connectivity index (χ4n) is 23.8. The number of carbonyl (C=O) groups excluding carboxylic acids is 11. The fraction of sp³-hybridized carbons (Fsp3) is 0.602. The normalized spacial score (nSPS) is 19.5. The van der Waals surface area contributed by atoms with Gasteiger partial charge in [0.2, 0.25) is 0 Å². The molecule has 0 aromatic heterocycles. The molecule has 10 saturated carbocycles. The molecule has 0 saturated heterocycles. The van der Waals surface area contributed by atoms with Crippen LogP contribution in [0.1, 0.15) is 429 Å². The summed E-state index contributed by atoms with van der Waals surface area (Å²) < 4.78 is 0. The maximum absolute atomic E-state index is 13.6. The van der Waals surface area contributed by atoms with Crippen LogP contribution in [0, 0.1) is 0 Å². The largest absolute Gasteiger partial charge is 0.339 e. The summed E-state index contributed by atoms with van der Waals surface area (Å²) in [4.78, 5) is 165. The van der Waals surface area contributed by atoms with Gasteiger partial charge in [-0.3, -0.25) is 52.7 Å². The van der Waals surface area contributed by atoms with E-state index in [9.17, 15) is 52.7 Å². The number of hydrogen-bond donors (Lipinski definition) is 0. The Balaban J connectivity index is 0.000000158. The zero-order chi connectivity index (χ0) is 99.7. The van der Waals surface area contributed by atoms with E-state index in [2.05, 4.69) is 0 Å². The van der Waals surface area contributed by atoms with Crippen LogP contribution in [0.3, 0.4) is 0 Å². The molecular weight excluding hydrogens is 1750 g/mol. The number of hydrogen-bond acceptors (Lipinski definition) is 11. The van der Waals surface area contributed by atoms with E-state index in [0.717, 1.165) is 180 Å². The second-order valence-corrected chi connectivity index (χ2v) is 42.4. The van der Waals surface area contributed by atoms with Crippen molar-refractivity contribution in [3.63, 3.8) is 0 Å². The summed E-state index contributed by atoms with van der Waals surface area (Å²) in [6, 6.07) is 48.5. The zero-order valence-corrected chi connectivity index (χ0v) is 86.8. The van der Waals surface area contributed by atoms with E-state index in [1.54, 1.807) is 24.3 Å². The van der Waals surface area contributed by atoms with Crippen molar-refractivity contribution < 1.29 is 52.7 Å². The Labute approximate surface area is 838 Å². The zero-order valence-electron chi connectivity index (χ0n) is 86.8. The second kappa shape index (κ2) is 54.6. The minimum Gasteiger partial charge on any atom is -0.339 e. The van der Waals surface area contributed by atoms with Gasteiger partial charge < -0.3 is 53.9 Å². The van der Waals surface area contributed by atoms with Gasteiger partial charge in [0.15, 0.2) is 0 Å². The molecule has 22 nitrogen and oxygen atoms in total. The van der Waals surface area contributed by atoms with Crippen molar-refractivity contribution in [3.05, 3.63) is 213 Å². The molecular formula is C118H167N11O11. The summed E-state index contributed by atoms with van der Waals surface area (Å²) in [5.74, 6) is -0.0718. The highest BCUT2D eigenvalue weighted by molar-refractivity contribution is 6.08. The first kappa shape index (κ1) is 108. The highest BCUT2D eigenvalue weighted by atomic mass is 16.2. The lowest BCUT2D eigenvalue weighted by molar-refractivity contribution is 0.0421. The molecule has 0 aliphatic heterocycles. The van der Waals surface area contributed by atoms with Crippen LogP contribution in [0.4, 0.5) is 0 Å². The summed E-state index contributed by atoms with van der Waals surface area (Å²) in [5, 5.41) is 0. The number of nitrogens with zero attached hydrogens (tertiary/aromatic N) is 11. The predicted octanol–water partition coefficient (Wildman–Crippen LogP) is 23.2. The Hall–Kier alpha value is -10.5. The Morgan fingerprint density at radius 3 is 0.514 bits per heavy atom. The van der Waals surface area contributed by atoms with Crippen LogP contribution in [0.25, 0.3) is 0 Å². The van der Waals surface area contributed by atoms with E-state index < -0.39 is 0 Å². The summed E-state index contributed by atoms with van der Waals surface area (Å²) >= 11 is 0. The average Bonchev–Trinajstić information content (AvgIpc) is 0.782. The molecule has 0 radical (unpaired) electrons. The maximum Gasteiger partial charge on any atom is 0.254 e. The molecule has 6 aromatic carbocycles. The minimum absolute atomic E-state index is 0.0158. The number of amides is 11. The molecule has 10 aliphatic carbocycles. The quantitative estimate of drug-likeness (QED) is 0.0621. The van der Waals surface area contributed by atoms with Crippen LogP contribution in [0.15, 0.2) is 152 Å². The Kier molecular flexibility index (Phi) is 42.3. The first-order chi connectivity index (χ1) is 67.7. The summed E-state index contributed by atoms with van der Waals surface area (Å²) in [5.41, 5.74) is 6.44. The molecule has 22 heteroatoms. The lowest BCUT2D eigenvalue weighted by atomic mass is 9.87. The van der Waals surface area contributed by atoms with Crippen molar-refractivity contribution in [1.82, 2.24) is 53.9 Å². The smallest absolute Gasteiger partial charge is 0.254 e. The molecule has 2 unspecified atom stereocenters. The monoisotopic (exact) mass is 1910 g/mol. The van der Waals surface area contributed by atoms with Crippen LogP contribution in [-0.2, 0) is 0 Å². The third-order valence-corrected chi connectivity index (χ3v) is 33.2. The fourth-order valence-corrected chi connectivity index (χ4v) is 23.8. The molecule has 2 atom stereocenters. The van der Waals surface area contributed by atoms with Gasteiger partial charge in [-0.1, -0.05) is 241 Å². The molecule has 11 amide bonds. The lowest BCUT2D eigenvalue weighted by Crippen LogP contribution is -2.54. The van der Waals surface area contributed by atoms with Crippen molar-refractivity contribution in [2.75, 3.05) is 77.5 Å². The van der Waals surface area contributed by atoms with E-state index >= 15 is 0 Å². The average molecular weight is 1920 g/mol. The van der Waals surface area contributed by atoms with Crippen molar-refractivity contribution in [2.45, 2.75) is 381 Å². The molecule has 10 fully saturated rings. The van der Waals surface area contributed by atoms with Crippen LogP contribution < -0.4 is 0 Å². The standard InChI is InChI=1S/C30H45N3O3.2C22H32N2O2.C22H26N2O2.C22H32N2O2/c1-31(25-13-7-4-8-14-25)28(34)22-19-23(29(35)32(2)26-15-9-5-10-16-26)21-24(20-22)30(36)33(3)27-17-11-6-12-18-27;1-23(19-12-5-3-6-13-19)21(25)17-10-9-11-18(16-17)22(26)24(2)20-14-7-4-8-15-20;1-23(17-11-5-3-6-12-17)21(25)19-15-9-10-16-20(19)22(26)24(2)18-13-7-4-8-14-18;1-23(21(25)17-11-5-3-6-12-17)19-15-9-10-16-20(19)24(2)22(26)18-13-7-4-8-14-18;1-23(19-9-5-3-6-10-19)21(25)17-13-15-18(16-14-17)22(26)24(2)20-11-7-4-8-12-20/h19-21,25-27H,4-18H2,1-3H3;9-11,16,19-20H,3-8,12-15H2,1-2H3;9-10,15-18H,3-8,11-14H2,1-2H3;3-8,11-14,19-20H,9-10,15-16H2,1-2H3;13-16,19-20H,3-12H2,1-2H3. The number of carbonyl (C=O) groups is 11. The maximum atomic E-state index is 13.6. The molecule has 0 spiro atoms. The van der Waals surface area contributed by atoms with Gasteiger partial charge in [0, 0.05) is 182 Å². The molecule has 6 aromatic rings.